The molecule has 13 heavy (non-hydrogen) atoms. The lowest BCUT2D eigenvalue weighted by atomic mass is 10.3. The lowest BCUT2D eigenvalue weighted by Gasteiger charge is -2.02. The van der Waals surface area contributed by atoms with E-state index < -0.39 is 0 Å². The SMILES string of the molecule is Nc1ccc(-n2ccnc2Cl)cc1. The molecule has 0 aliphatic heterocycles. The highest BCUT2D eigenvalue weighted by atomic mass is 35.5. The second-order valence-electron chi connectivity index (χ2n) is 2.66. The summed E-state index contributed by atoms with van der Waals surface area (Å²) >= 11 is 5.83. The molecular formula is C9H8ClN3. The fraction of sp³-hybridized carbons (Fsp3) is 0. The molecule has 1 aromatic carbocycles. The molecule has 0 unspecified atom stereocenters. The maximum atomic E-state index is 5.83. The number of rotatable bonds is 1. The van der Waals surface area contributed by atoms with Gasteiger partial charge in [0.2, 0.25) is 5.28 Å². The van der Waals surface area contributed by atoms with Crippen LogP contribution in [0.5, 0.6) is 0 Å². The van der Waals surface area contributed by atoms with E-state index in [1.54, 1.807) is 17.0 Å². The molecule has 4 heteroatoms. The van der Waals surface area contributed by atoms with Crippen molar-refractivity contribution >= 4 is 17.3 Å². The van der Waals surface area contributed by atoms with Crippen LogP contribution in [-0.4, -0.2) is 9.55 Å². The Labute approximate surface area is 80.8 Å². The van der Waals surface area contributed by atoms with Crippen LogP contribution in [0.1, 0.15) is 0 Å². The van der Waals surface area contributed by atoms with Gasteiger partial charge in [0.15, 0.2) is 0 Å². The van der Waals surface area contributed by atoms with Crippen LogP contribution in [0.4, 0.5) is 5.69 Å². The molecule has 2 aromatic rings. The van der Waals surface area contributed by atoms with Crippen LogP contribution < -0.4 is 5.73 Å². The number of nitrogens with two attached hydrogens (primary N) is 1. The second kappa shape index (κ2) is 3.11. The van der Waals surface area contributed by atoms with Crippen LogP contribution in [0.25, 0.3) is 5.69 Å². The summed E-state index contributed by atoms with van der Waals surface area (Å²) in [4.78, 5) is 3.91. The van der Waals surface area contributed by atoms with Crippen molar-refractivity contribution < 1.29 is 0 Å². The highest BCUT2D eigenvalue weighted by Crippen LogP contribution is 2.15. The molecule has 1 heterocycles. The van der Waals surface area contributed by atoms with Gasteiger partial charge in [-0.15, -0.1) is 0 Å². The average molecular weight is 194 g/mol. The number of benzene rings is 1. The van der Waals surface area contributed by atoms with Crippen molar-refractivity contribution in [1.29, 1.82) is 0 Å². The molecule has 0 saturated carbocycles. The standard InChI is InChI=1S/C9H8ClN3/c10-9-12-5-6-13(9)8-3-1-7(11)2-4-8/h1-6H,11H2. The summed E-state index contributed by atoms with van der Waals surface area (Å²) in [5.41, 5.74) is 7.25. The Hall–Kier alpha value is -1.48. The number of hydrogen-bond donors (Lipinski definition) is 1. The van der Waals surface area contributed by atoms with Gasteiger partial charge in [-0.3, -0.25) is 4.57 Å². The smallest absolute Gasteiger partial charge is 0.207 e. The van der Waals surface area contributed by atoms with Crippen LogP contribution in [0.2, 0.25) is 5.28 Å². The van der Waals surface area contributed by atoms with Crippen molar-refractivity contribution in [3.05, 3.63) is 41.9 Å². The number of halogens is 1. The first-order chi connectivity index (χ1) is 6.27. The van der Waals surface area contributed by atoms with E-state index in [4.69, 9.17) is 17.3 Å². The normalized spacial score (nSPS) is 10.2. The van der Waals surface area contributed by atoms with Crippen molar-refractivity contribution in [2.75, 3.05) is 5.73 Å². The highest BCUT2D eigenvalue weighted by molar-refractivity contribution is 6.28. The predicted molar refractivity (Wildman–Crippen MR) is 53.0 cm³/mol. The molecule has 0 saturated heterocycles. The monoisotopic (exact) mass is 193 g/mol. The van der Waals surface area contributed by atoms with E-state index in [0.717, 1.165) is 11.4 Å². The highest BCUT2D eigenvalue weighted by Gasteiger charge is 2.00. The van der Waals surface area contributed by atoms with E-state index in [1.165, 1.54) is 0 Å². The molecule has 66 valence electrons. The third kappa shape index (κ3) is 1.51. The van der Waals surface area contributed by atoms with Crippen LogP contribution in [0.3, 0.4) is 0 Å². The summed E-state index contributed by atoms with van der Waals surface area (Å²) in [7, 11) is 0. The lowest BCUT2D eigenvalue weighted by Crippen LogP contribution is -1.92. The van der Waals surface area contributed by atoms with Crippen molar-refractivity contribution in [1.82, 2.24) is 9.55 Å². The number of anilines is 1. The van der Waals surface area contributed by atoms with Gasteiger partial charge in [0, 0.05) is 23.8 Å². The van der Waals surface area contributed by atoms with Crippen LogP contribution in [-0.2, 0) is 0 Å². The van der Waals surface area contributed by atoms with Gasteiger partial charge in [0.1, 0.15) is 0 Å². The lowest BCUT2D eigenvalue weighted by molar-refractivity contribution is 1.06. The van der Waals surface area contributed by atoms with E-state index in [-0.39, 0.29) is 0 Å². The Morgan fingerprint density at radius 2 is 1.92 bits per heavy atom. The van der Waals surface area contributed by atoms with Crippen molar-refractivity contribution in [2.24, 2.45) is 0 Å². The molecule has 0 aliphatic rings. The van der Waals surface area contributed by atoms with Crippen LogP contribution >= 0.6 is 11.6 Å². The molecule has 2 N–H and O–H groups in total. The maximum absolute atomic E-state index is 5.83. The zero-order chi connectivity index (χ0) is 9.26. The second-order valence-corrected chi connectivity index (χ2v) is 3.00. The fourth-order valence-electron chi connectivity index (χ4n) is 1.11. The van der Waals surface area contributed by atoms with Gasteiger partial charge in [0.25, 0.3) is 0 Å². The first-order valence-corrected chi connectivity index (χ1v) is 4.20. The molecule has 0 spiro atoms. The molecule has 0 bridgehead atoms. The number of imidazole rings is 1. The fourth-order valence-corrected chi connectivity index (χ4v) is 1.32. The number of nitrogens with zero attached hydrogens (tertiary/aromatic N) is 2. The minimum atomic E-state index is 0.449. The zero-order valence-corrected chi connectivity index (χ0v) is 7.57. The molecule has 1 aromatic heterocycles. The van der Waals surface area contributed by atoms with E-state index in [0.29, 0.717) is 5.28 Å². The predicted octanol–water partition coefficient (Wildman–Crippen LogP) is 2.11. The summed E-state index contributed by atoms with van der Waals surface area (Å²) < 4.78 is 1.78. The molecule has 3 nitrogen and oxygen atoms in total. The average Bonchev–Trinajstić information content (AvgIpc) is 2.53. The van der Waals surface area contributed by atoms with Gasteiger partial charge in [-0.25, -0.2) is 4.98 Å². The van der Waals surface area contributed by atoms with Gasteiger partial charge in [-0.1, -0.05) is 0 Å². The Morgan fingerprint density at radius 3 is 2.46 bits per heavy atom. The summed E-state index contributed by atoms with van der Waals surface area (Å²) in [6.45, 7) is 0. The zero-order valence-electron chi connectivity index (χ0n) is 6.81. The Balaban J connectivity index is 2.47. The summed E-state index contributed by atoms with van der Waals surface area (Å²) in [5.74, 6) is 0. The van der Waals surface area contributed by atoms with Crippen LogP contribution in [0.15, 0.2) is 36.7 Å². The Morgan fingerprint density at radius 1 is 1.23 bits per heavy atom. The van der Waals surface area contributed by atoms with Crippen molar-refractivity contribution in [2.45, 2.75) is 0 Å². The van der Waals surface area contributed by atoms with Gasteiger partial charge < -0.3 is 5.73 Å². The van der Waals surface area contributed by atoms with Crippen molar-refractivity contribution in [3.63, 3.8) is 0 Å². The van der Waals surface area contributed by atoms with Crippen molar-refractivity contribution in [3.8, 4) is 5.69 Å². The molecule has 0 amide bonds. The molecule has 0 atom stereocenters. The largest absolute Gasteiger partial charge is 0.399 e. The molecule has 2 rings (SSSR count). The quantitative estimate of drug-likeness (QED) is 0.705. The molecule has 0 radical (unpaired) electrons. The van der Waals surface area contributed by atoms with Crippen LogP contribution in [0, 0.1) is 0 Å². The Kier molecular flexibility index (Phi) is 1.94. The van der Waals surface area contributed by atoms with E-state index in [1.807, 2.05) is 24.3 Å². The van der Waals surface area contributed by atoms with Gasteiger partial charge in [-0.05, 0) is 35.9 Å². The minimum Gasteiger partial charge on any atom is -0.399 e. The third-order valence-electron chi connectivity index (χ3n) is 1.77. The minimum absolute atomic E-state index is 0.449. The number of aromatic nitrogens is 2. The van der Waals surface area contributed by atoms with E-state index >= 15 is 0 Å². The van der Waals surface area contributed by atoms with Gasteiger partial charge in [-0.2, -0.15) is 0 Å². The van der Waals surface area contributed by atoms with E-state index in [2.05, 4.69) is 4.98 Å². The first-order valence-electron chi connectivity index (χ1n) is 3.82. The third-order valence-corrected chi connectivity index (χ3v) is 2.05. The summed E-state index contributed by atoms with van der Waals surface area (Å²) in [6.07, 6.45) is 3.45. The van der Waals surface area contributed by atoms with Gasteiger partial charge in [0.05, 0.1) is 0 Å². The topological polar surface area (TPSA) is 43.8 Å². The molecular weight excluding hydrogens is 186 g/mol. The Bertz CT molecular complexity index is 405. The molecule has 0 fully saturated rings. The number of hydrogen-bond acceptors (Lipinski definition) is 2. The van der Waals surface area contributed by atoms with E-state index in [9.17, 15) is 0 Å². The van der Waals surface area contributed by atoms with Gasteiger partial charge >= 0.3 is 0 Å². The summed E-state index contributed by atoms with van der Waals surface area (Å²) in [5, 5.41) is 0.449. The molecule has 0 aliphatic carbocycles. The first kappa shape index (κ1) is 8.13. The summed E-state index contributed by atoms with van der Waals surface area (Å²) in [6, 6.07) is 7.43. The number of nitrogen functional groups attached to an aromatic ring is 1. The maximum Gasteiger partial charge on any atom is 0.207 e.